The van der Waals surface area contributed by atoms with Crippen LogP contribution in [0.4, 0.5) is 5.69 Å². The number of ketones is 1. The molecule has 1 aliphatic carbocycles. The van der Waals surface area contributed by atoms with Crippen LogP contribution in [0.3, 0.4) is 0 Å². The Hall–Kier alpha value is -1.68. The van der Waals surface area contributed by atoms with Crippen molar-refractivity contribution in [2.45, 2.75) is 32.2 Å². The molecule has 4 heteroatoms. The molecule has 0 unspecified atom stereocenters. The number of nitrogens with two attached hydrogens (primary N) is 1. The Morgan fingerprint density at radius 1 is 1.41 bits per heavy atom. The van der Waals surface area contributed by atoms with Crippen LogP contribution in [-0.2, 0) is 11.2 Å². The largest absolute Gasteiger partial charge is 0.325 e. The van der Waals surface area contributed by atoms with E-state index in [1.54, 1.807) is 13.0 Å². The molecule has 0 radical (unpaired) electrons. The number of fused-ring (bicyclic) bond motifs is 1. The lowest BCUT2D eigenvalue weighted by molar-refractivity contribution is -0.117. The summed E-state index contributed by atoms with van der Waals surface area (Å²) >= 11 is 0. The second-order valence-corrected chi connectivity index (χ2v) is 4.43. The molecule has 0 fully saturated rings. The first-order chi connectivity index (χ1) is 8.08. The van der Waals surface area contributed by atoms with Crippen molar-refractivity contribution in [3.05, 3.63) is 29.3 Å². The number of hydrogen-bond donors (Lipinski definition) is 2. The Labute approximate surface area is 100 Å². The van der Waals surface area contributed by atoms with E-state index < -0.39 is 6.04 Å². The maximum Gasteiger partial charge on any atom is 0.240 e. The van der Waals surface area contributed by atoms with Gasteiger partial charge in [-0.1, -0.05) is 6.07 Å². The number of hydrogen-bond acceptors (Lipinski definition) is 3. The number of rotatable bonds is 2. The van der Waals surface area contributed by atoms with Gasteiger partial charge in [-0.05, 0) is 37.5 Å². The molecular weight excluding hydrogens is 216 g/mol. The van der Waals surface area contributed by atoms with Gasteiger partial charge in [0.05, 0.1) is 6.04 Å². The predicted octanol–water partition coefficient (Wildman–Crippen LogP) is 1.49. The second kappa shape index (κ2) is 4.67. The van der Waals surface area contributed by atoms with Crippen molar-refractivity contribution in [2.24, 2.45) is 5.73 Å². The van der Waals surface area contributed by atoms with Crippen LogP contribution in [0.15, 0.2) is 18.2 Å². The third kappa shape index (κ3) is 2.53. The van der Waals surface area contributed by atoms with E-state index in [4.69, 9.17) is 5.73 Å². The molecule has 17 heavy (non-hydrogen) atoms. The molecule has 90 valence electrons. The Kier molecular flexibility index (Phi) is 3.24. The van der Waals surface area contributed by atoms with Crippen LogP contribution in [0.25, 0.3) is 0 Å². The molecule has 0 heterocycles. The first kappa shape index (κ1) is 11.8. The maximum atomic E-state index is 11.7. The summed E-state index contributed by atoms with van der Waals surface area (Å²) in [6, 6.07) is 4.92. The minimum absolute atomic E-state index is 0.156. The van der Waals surface area contributed by atoms with E-state index in [-0.39, 0.29) is 11.7 Å². The standard InChI is InChI=1S/C13H16N2O2/c1-8(14)13(17)15-10-6-5-9-3-2-4-12(16)11(9)7-10/h5-8H,2-4,14H2,1H3,(H,15,17)/t8-/m0/s1. The Morgan fingerprint density at radius 3 is 2.88 bits per heavy atom. The Bertz CT molecular complexity index is 466. The average Bonchev–Trinajstić information content (AvgIpc) is 2.30. The molecular formula is C13H16N2O2. The van der Waals surface area contributed by atoms with Gasteiger partial charge in [0.15, 0.2) is 5.78 Å². The molecule has 1 amide bonds. The van der Waals surface area contributed by atoms with Crippen molar-refractivity contribution in [1.29, 1.82) is 0 Å². The highest BCUT2D eigenvalue weighted by Gasteiger charge is 2.18. The van der Waals surface area contributed by atoms with Crippen LogP contribution in [0.2, 0.25) is 0 Å². The zero-order valence-corrected chi connectivity index (χ0v) is 9.82. The van der Waals surface area contributed by atoms with E-state index in [1.165, 1.54) is 0 Å². The van der Waals surface area contributed by atoms with E-state index in [0.717, 1.165) is 24.0 Å². The van der Waals surface area contributed by atoms with Gasteiger partial charge in [-0.2, -0.15) is 0 Å². The lowest BCUT2D eigenvalue weighted by atomic mass is 9.90. The topological polar surface area (TPSA) is 72.2 Å². The zero-order valence-electron chi connectivity index (χ0n) is 9.82. The fourth-order valence-corrected chi connectivity index (χ4v) is 1.96. The van der Waals surface area contributed by atoms with Gasteiger partial charge in [0, 0.05) is 17.7 Å². The predicted molar refractivity (Wildman–Crippen MR) is 66.0 cm³/mol. The fraction of sp³-hybridized carbons (Fsp3) is 0.385. The second-order valence-electron chi connectivity index (χ2n) is 4.43. The maximum absolute atomic E-state index is 11.7. The van der Waals surface area contributed by atoms with Crippen molar-refractivity contribution >= 4 is 17.4 Å². The number of nitrogens with one attached hydrogen (secondary N) is 1. The lowest BCUT2D eigenvalue weighted by Gasteiger charge is -2.16. The van der Waals surface area contributed by atoms with Gasteiger partial charge in [0.2, 0.25) is 5.91 Å². The molecule has 0 bridgehead atoms. The smallest absolute Gasteiger partial charge is 0.240 e. The molecule has 0 saturated carbocycles. The summed E-state index contributed by atoms with van der Waals surface area (Å²) < 4.78 is 0. The quantitative estimate of drug-likeness (QED) is 0.811. The van der Waals surface area contributed by atoms with Gasteiger partial charge >= 0.3 is 0 Å². The van der Waals surface area contributed by atoms with Gasteiger partial charge in [0.25, 0.3) is 0 Å². The van der Waals surface area contributed by atoms with Crippen molar-refractivity contribution < 1.29 is 9.59 Å². The summed E-state index contributed by atoms with van der Waals surface area (Å²) in [6.07, 6.45) is 2.44. The van der Waals surface area contributed by atoms with Crippen molar-refractivity contribution in [2.75, 3.05) is 5.32 Å². The SMILES string of the molecule is C[C@H](N)C(=O)Nc1ccc2c(c1)C(=O)CCC2. The minimum Gasteiger partial charge on any atom is -0.325 e. The molecule has 1 aliphatic rings. The first-order valence-corrected chi connectivity index (χ1v) is 5.80. The number of carbonyl (C=O) groups is 2. The zero-order chi connectivity index (χ0) is 12.4. The van der Waals surface area contributed by atoms with Gasteiger partial charge in [-0.3, -0.25) is 9.59 Å². The molecule has 0 spiro atoms. The summed E-state index contributed by atoms with van der Waals surface area (Å²) in [4.78, 5) is 23.2. The molecule has 4 nitrogen and oxygen atoms in total. The van der Waals surface area contributed by atoms with E-state index in [9.17, 15) is 9.59 Å². The number of benzene rings is 1. The van der Waals surface area contributed by atoms with Crippen molar-refractivity contribution in [1.82, 2.24) is 0 Å². The van der Waals surface area contributed by atoms with E-state index in [1.807, 2.05) is 12.1 Å². The highest BCUT2D eigenvalue weighted by Crippen LogP contribution is 2.24. The number of aryl methyl sites for hydroxylation is 1. The monoisotopic (exact) mass is 232 g/mol. The lowest BCUT2D eigenvalue weighted by Crippen LogP contribution is -2.32. The normalized spacial score (nSPS) is 16.2. The number of carbonyl (C=O) groups excluding carboxylic acids is 2. The van der Waals surface area contributed by atoms with Crippen LogP contribution in [-0.4, -0.2) is 17.7 Å². The van der Waals surface area contributed by atoms with Gasteiger partial charge in [-0.25, -0.2) is 0 Å². The summed E-state index contributed by atoms with van der Waals surface area (Å²) in [5.41, 5.74) is 7.91. The first-order valence-electron chi connectivity index (χ1n) is 5.80. The minimum atomic E-state index is -0.554. The van der Waals surface area contributed by atoms with E-state index in [2.05, 4.69) is 5.32 Å². The molecule has 1 aromatic carbocycles. The van der Waals surface area contributed by atoms with Gasteiger partial charge in [-0.15, -0.1) is 0 Å². The summed E-state index contributed by atoms with van der Waals surface area (Å²) in [5, 5.41) is 2.70. The highest BCUT2D eigenvalue weighted by molar-refractivity contribution is 6.01. The van der Waals surface area contributed by atoms with Crippen molar-refractivity contribution in [3.8, 4) is 0 Å². The average molecular weight is 232 g/mol. The van der Waals surface area contributed by atoms with Crippen LogP contribution in [0.1, 0.15) is 35.7 Å². The third-order valence-electron chi connectivity index (χ3n) is 2.94. The molecule has 0 aliphatic heterocycles. The highest BCUT2D eigenvalue weighted by atomic mass is 16.2. The van der Waals surface area contributed by atoms with Crippen molar-refractivity contribution in [3.63, 3.8) is 0 Å². The van der Waals surface area contributed by atoms with Crippen LogP contribution < -0.4 is 11.1 Å². The van der Waals surface area contributed by atoms with E-state index in [0.29, 0.717) is 12.1 Å². The molecule has 0 saturated heterocycles. The fourth-order valence-electron chi connectivity index (χ4n) is 1.96. The number of amides is 1. The molecule has 1 aromatic rings. The number of anilines is 1. The Balaban J connectivity index is 2.24. The van der Waals surface area contributed by atoms with E-state index >= 15 is 0 Å². The Morgan fingerprint density at radius 2 is 2.18 bits per heavy atom. The van der Waals surface area contributed by atoms with Crippen LogP contribution >= 0.6 is 0 Å². The third-order valence-corrected chi connectivity index (χ3v) is 2.94. The molecule has 2 rings (SSSR count). The summed E-state index contributed by atoms with van der Waals surface area (Å²) in [6.45, 7) is 1.62. The van der Waals surface area contributed by atoms with Crippen LogP contribution in [0, 0.1) is 0 Å². The molecule has 1 atom stereocenters. The summed E-state index contributed by atoms with van der Waals surface area (Å²) in [7, 11) is 0. The molecule has 0 aromatic heterocycles. The van der Waals surface area contributed by atoms with Gasteiger partial charge < -0.3 is 11.1 Å². The molecule has 3 N–H and O–H groups in total. The summed E-state index contributed by atoms with van der Waals surface area (Å²) in [5.74, 6) is -0.0867. The van der Waals surface area contributed by atoms with Crippen LogP contribution in [0.5, 0.6) is 0 Å². The van der Waals surface area contributed by atoms with Gasteiger partial charge in [0.1, 0.15) is 0 Å². The number of Topliss-reactive ketones (excluding diaryl/α,β-unsaturated/α-hetero) is 1.